The van der Waals surface area contributed by atoms with Gasteiger partial charge in [-0.1, -0.05) is 0 Å². The highest BCUT2D eigenvalue weighted by Gasteiger charge is 2.13. The van der Waals surface area contributed by atoms with Crippen LogP contribution in [0.25, 0.3) is 0 Å². The summed E-state index contributed by atoms with van der Waals surface area (Å²) < 4.78 is 10.6. The molecule has 0 aliphatic rings. The number of aliphatic hydroxyl groups is 1. The molecule has 0 aliphatic heterocycles. The van der Waals surface area contributed by atoms with Gasteiger partial charge in [0.05, 0.1) is 6.61 Å². The molecule has 0 saturated heterocycles. The molecule has 1 atom stereocenters. The van der Waals surface area contributed by atoms with Crippen LogP contribution >= 0.6 is 11.3 Å². The Kier molecular flexibility index (Phi) is 6.79. The minimum Gasteiger partial charge on any atom is -0.481 e. The molecule has 110 valence electrons. The zero-order chi connectivity index (χ0) is 14.3. The summed E-state index contributed by atoms with van der Waals surface area (Å²) in [6.07, 6.45) is 0.405. The molecule has 1 unspecified atom stereocenters. The van der Waals surface area contributed by atoms with Crippen molar-refractivity contribution in [3.05, 3.63) is 17.0 Å². The maximum absolute atomic E-state index is 9.82. The van der Waals surface area contributed by atoms with Crippen molar-refractivity contribution in [3.63, 3.8) is 0 Å². The van der Waals surface area contributed by atoms with E-state index in [0.29, 0.717) is 13.2 Å². The number of hydrogen-bond acceptors (Lipinski definition) is 5. The first-order valence-electron chi connectivity index (χ1n) is 6.54. The Hall–Kier alpha value is -0.620. The average Bonchev–Trinajstić information content (AvgIpc) is 2.78. The fraction of sp³-hybridized carbons (Fsp3) is 0.714. The van der Waals surface area contributed by atoms with Crippen molar-refractivity contribution < 1.29 is 14.6 Å². The molecule has 4 nitrogen and oxygen atoms in total. The van der Waals surface area contributed by atoms with Crippen molar-refractivity contribution in [2.75, 3.05) is 26.9 Å². The van der Waals surface area contributed by atoms with Crippen LogP contribution in [0.15, 0.2) is 12.1 Å². The van der Waals surface area contributed by atoms with E-state index in [1.54, 1.807) is 18.4 Å². The van der Waals surface area contributed by atoms with E-state index in [1.165, 1.54) is 4.88 Å². The molecule has 0 spiro atoms. The fourth-order valence-corrected chi connectivity index (χ4v) is 2.28. The van der Waals surface area contributed by atoms with Gasteiger partial charge in [0.1, 0.15) is 12.7 Å². The van der Waals surface area contributed by atoms with Crippen molar-refractivity contribution in [1.29, 1.82) is 0 Å². The van der Waals surface area contributed by atoms with Gasteiger partial charge in [-0.15, -0.1) is 11.3 Å². The number of β-amino-alcohol motifs (C(OH)–C–C–N with tert-alkyl or cyclic N) is 1. The molecule has 5 heteroatoms. The highest BCUT2D eigenvalue weighted by atomic mass is 32.1. The first-order valence-corrected chi connectivity index (χ1v) is 7.36. The van der Waals surface area contributed by atoms with E-state index in [2.05, 4.69) is 26.1 Å². The van der Waals surface area contributed by atoms with E-state index in [-0.39, 0.29) is 5.54 Å². The average molecular weight is 287 g/mol. The van der Waals surface area contributed by atoms with E-state index in [9.17, 15) is 5.11 Å². The fourth-order valence-electron chi connectivity index (χ4n) is 1.43. The zero-order valence-corrected chi connectivity index (χ0v) is 13.0. The van der Waals surface area contributed by atoms with E-state index in [4.69, 9.17) is 9.47 Å². The second kappa shape index (κ2) is 7.85. The van der Waals surface area contributed by atoms with Crippen LogP contribution < -0.4 is 10.1 Å². The summed E-state index contributed by atoms with van der Waals surface area (Å²) in [6.45, 7) is 7.78. The van der Waals surface area contributed by atoms with Crippen LogP contribution in [0.5, 0.6) is 5.06 Å². The smallest absolute Gasteiger partial charge is 0.174 e. The van der Waals surface area contributed by atoms with E-state index < -0.39 is 6.10 Å². The molecule has 0 aromatic carbocycles. The molecule has 0 bridgehead atoms. The molecule has 1 aromatic heterocycles. The quantitative estimate of drug-likeness (QED) is 0.768. The molecular formula is C14H25NO3S. The summed E-state index contributed by atoms with van der Waals surface area (Å²) in [5.74, 6) is 0. The summed E-state index contributed by atoms with van der Waals surface area (Å²) in [6, 6.07) is 3.98. The monoisotopic (exact) mass is 287 g/mol. The van der Waals surface area contributed by atoms with Crippen LogP contribution in [-0.4, -0.2) is 43.6 Å². The van der Waals surface area contributed by atoms with Gasteiger partial charge in [-0.2, -0.15) is 0 Å². The Balaban J connectivity index is 2.26. The van der Waals surface area contributed by atoms with Gasteiger partial charge in [-0.05, 0) is 32.9 Å². The second-order valence-electron chi connectivity index (χ2n) is 5.56. The minimum absolute atomic E-state index is 0.0111. The van der Waals surface area contributed by atoms with E-state index in [0.717, 1.165) is 18.1 Å². The highest BCUT2D eigenvalue weighted by molar-refractivity contribution is 7.13. The van der Waals surface area contributed by atoms with Gasteiger partial charge >= 0.3 is 0 Å². The number of aliphatic hydroxyl groups excluding tert-OH is 1. The number of methoxy groups -OCH3 is 1. The molecule has 1 rings (SSSR count). The number of hydrogen-bond donors (Lipinski definition) is 2. The molecule has 0 amide bonds. The standard InChI is InChI=1S/C14H25NO3S/c1-14(2,3)15-9-11(16)10-18-13-6-5-12(19-13)7-8-17-4/h5-6,11,15-16H,7-10H2,1-4H3. The van der Waals surface area contributed by atoms with Crippen LogP contribution in [-0.2, 0) is 11.2 Å². The molecule has 1 heterocycles. The third-order valence-corrected chi connectivity index (χ3v) is 3.53. The third kappa shape index (κ3) is 7.52. The van der Waals surface area contributed by atoms with Gasteiger partial charge in [0.2, 0.25) is 0 Å². The van der Waals surface area contributed by atoms with Gasteiger partial charge in [-0.25, -0.2) is 0 Å². The van der Waals surface area contributed by atoms with Gasteiger partial charge in [-0.3, -0.25) is 0 Å². The molecule has 0 saturated carbocycles. The largest absolute Gasteiger partial charge is 0.481 e. The molecule has 19 heavy (non-hydrogen) atoms. The number of ether oxygens (including phenoxy) is 2. The normalized spacial score (nSPS) is 13.5. The Bertz CT molecular complexity index is 360. The predicted molar refractivity (Wildman–Crippen MR) is 79.2 cm³/mol. The lowest BCUT2D eigenvalue weighted by Crippen LogP contribution is -2.42. The maximum Gasteiger partial charge on any atom is 0.174 e. The zero-order valence-electron chi connectivity index (χ0n) is 12.2. The Morgan fingerprint density at radius 2 is 2.11 bits per heavy atom. The van der Waals surface area contributed by atoms with Crippen LogP contribution in [0.4, 0.5) is 0 Å². The number of thiophene rings is 1. The van der Waals surface area contributed by atoms with Crippen LogP contribution in [0.3, 0.4) is 0 Å². The van der Waals surface area contributed by atoms with E-state index in [1.807, 2.05) is 12.1 Å². The topological polar surface area (TPSA) is 50.7 Å². The number of rotatable bonds is 8. The molecule has 2 N–H and O–H groups in total. The van der Waals surface area contributed by atoms with Crippen LogP contribution in [0.1, 0.15) is 25.6 Å². The first-order chi connectivity index (χ1) is 8.90. The van der Waals surface area contributed by atoms with E-state index >= 15 is 0 Å². The summed E-state index contributed by atoms with van der Waals surface area (Å²) in [5, 5.41) is 13.9. The Morgan fingerprint density at radius 1 is 1.37 bits per heavy atom. The van der Waals surface area contributed by atoms with Crippen LogP contribution in [0, 0.1) is 0 Å². The van der Waals surface area contributed by atoms with Crippen molar-refractivity contribution in [1.82, 2.24) is 5.32 Å². The lowest BCUT2D eigenvalue weighted by Gasteiger charge is -2.22. The third-order valence-electron chi connectivity index (χ3n) is 2.48. The van der Waals surface area contributed by atoms with Gasteiger partial charge in [0, 0.05) is 30.5 Å². The minimum atomic E-state index is -0.497. The summed E-state index contributed by atoms with van der Waals surface area (Å²) in [5.41, 5.74) is 0.0111. The molecular weight excluding hydrogens is 262 g/mol. The maximum atomic E-state index is 9.82. The summed E-state index contributed by atoms with van der Waals surface area (Å²) in [7, 11) is 1.70. The molecule has 0 radical (unpaired) electrons. The summed E-state index contributed by atoms with van der Waals surface area (Å²) in [4.78, 5) is 1.24. The lowest BCUT2D eigenvalue weighted by atomic mass is 10.1. The summed E-state index contributed by atoms with van der Waals surface area (Å²) >= 11 is 1.60. The van der Waals surface area contributed by atoms with Crippen LogP contribution in [0.2, 0.25) is 0 Å². The second-order valence-corrected chi connectivity index (χ2v) is 6.69. The van der Waals surface area contributed by atoms with Gasteiger partial charge < -0.3 is 19.9 Å². The molecule has 0 fully saturated rings. The van der Waals surface area contributed by atoms with Crippen molar-refractivity contribution in [2.45, 2.75) is 38.8 Å². The van der Waals surface area contributed by atoms with Crippen molar-refractivity contribution in [2.24, 2.45) is 0 Å². The Labute approximate surface area is 119 Å². The van der Waals surface area contributed by atoms with Crippen molar-refractivity contribution >= 4 is 11.3 Å². The molecule has 0 aliphatic carbocycles. The Morgan fingerprint density at radius 3 is 2.74 bits per heavy atom. The SMILES string of the molecule is COCCc1ccc(OCC(O)CNC(C)(C)C)s1. The van der Waals surface area contributed by atoms with Gasteiger partial charge in [0.25, 0.3) is 0 Å². The molecule has 1 aromatic rings. The number of nitrogens with one attached hydrogen (secondary N) is 1. The predicted octanol–water partition coefficient (Wildman–Crippen LogP) is 2.06. The first kappa shape index (κ1) is 16.4. The lowest BCUT2D eigenvalue weighted by molar-refractivity contribution is 0.102. The highest BCUT2D eigenvalue weighted by Crippen LogP contribution is 2.24. The van der Waals surface area contributed by atoms with Gasteiger partial charge in [0.15, 0.2) is 5.06 Å². The van der Waals surface area contributed by atoms with Crippen molar-refractivity contribution in [3.8, 4) is 5.06 Å².